The Morgan fingerprint density at radius 3 is 2.81 bits per heavy atom. The van der Waals surface area contributed by atoms with E-state index < -0.39 is 5.92 Å². The maximum absolute atomic E-state index is 13.3. The maximum Gasteiger partial charge on any atom is 0.265 e. The van der Waals surface area contributed by atoms with E-state index in [0.717, 1.165) is 4.47 Å². The summed E-state index contributed by atoms with van der Waals surface area (Å²) in [4.78, 5) is 1.66. The number of nitrogen functional groups attached to an aromatic ring is 1. The van der Waals surface area contributed by atoms with Crippen molar-refractivity contribution < 1.29 is 8.78 Å². The summed E-state index contributed by atoms with van der Waals surface area (Å²) in [6.45, 7) is 0.393. The highest BCUT2D eigenvalue weighted by atomic mass is 79.9. The van der Waals surface area contributed by atoms with Gasteiger partial charge in [0.1, 0.15) is 0 Å². The molecule has 1 aromatic rings. The summed E-state index contributed by atoms with van der Waals surface area (Å²) in [5.74, 6) is -2.60. The second kappa shape index (κ2) is 4.20. The number of hydrogen-bond donors (Lipinski definition) is 1. The molecule has 0 aliphatic carbocycles. The Morgan fingerprint density at radius 2 is 2.12 bits per heavy atom. The van der Waals surface area contributed by atoms with Gasteiger partial charge in [0.25, 0.3) is 5.92 Å². The Kier molecular flexibility index (Phi) is 3.06. The van der Waals surface area contributed by atoms with Gasteiger partial charge in [-0.05, 0) is 24.6 Å². The molecule has 0 unspecified atom stereocenters. The number of nitrogens with zero attached hydrogens (tertiary/aromatic N) is 1. The molecule has 0 amide bonds. The molecule has 1 aliphatic heterocycles. The fraction of sp³-hybridized carbons (Fsp3) is 0.455. The second-order valence-corrected chi connectivity index (χ2v) is 5.00. The van der Waals surface area contributed by atoms with Gasteiger partial charge in [-0.25, -0.2) is 8.78 Å². The molecule has 0 radical (unpaired) electrons. The molecule has 0 aromatic heterocycles. The smallest absolute Gasteiger partial charge is 0.265 e. The van der Waals surface area contributed by atoms with E-state index in [0.29, 0.717) is 24.3 Å². The van der Waals surface area contributed by atoms with Crippen molar-refractivity contribution in [3.63, 3.8) is 0 Å². The van der Waals surface area contributed by atoms with Gasteiger partial charge in [0.05, 0.1) is 17.9 Å². The molecule has 1 fully saturated rings. The van der Waals surface area contributed by atoms with Gasteiger partial charge >= 0.3 is 0 Å². The van der Waals surface area contributed by atoms with Gasteiger partial charge in [0, 0.05) is 17.4 Å². The third-order valence-corrected chi connectivity index (χ3v) is 3.22. The third-order valence-electron chi connectivity index (χ3n) is 2.73. The van der Waals surface area contributed by atoms with Gasteiger partial charge in [-0.15, -0.1) is 0 Å². The van der Waals surface area contributed by atoms with Gasteiger partial charge in [-0.2, -0.15) is 0 Å². The summed E-state index contributed by atoms with van der Waals surface area (Å²) in [7, 11) is 0. The van der Waals surface area contributed by atoms with Gasteiger partial charge < -0.3 is 10.6 Å². The van der Waals surface area contributed by atoms with Crippen LogP contribution in [0, 0.1) is 0 Å². The summed E-state index contributed by atoms with van der Waals surface area (Å²) in [6.07, 6.45) is 0.469. The van der Waals surface area contributed by atoms with Crippen LogP contribution in [0.15, 0.2) is 22.7 Å². The Morgan fingerprint density at radius 1 is 1.38 bits per heavy atom. The van der Waals surface area contributed by atoms with Crippen molar-refractivity contribution in [1.29, 1.82) is 0 Å². The number of nitrogens with two attached hydrogens (primary N) is 1. The molecule has 0 spiro atoms. The first kappa shape index (κ1) is 11.6. The summed E-state index contributed by atoms with van der Waals surface area (Å²) in [5.41, 5.74) is 7.03. The minimum Gasteiger partial charge on any atom is -0.397 e. The lowest BCUT2D eigenvalue weighted by molar-refractivity contribution is -0.0116. The first-order valence-corrected chi connectivity index (χ1v) is 5.95. The highest BCUT2D eigenvalue weighted by Crippen LogP contribution is 2.34. The SMILES string of the molecule is Nc1ccc(Br)cc1N1CCCC(F)(F)C1. The molecule has 2 rings (SSSR count). The van der Waals surface area contributed by atoms with Crippen LogP contribution in [0.2, 0.25) is 0 Å². The molecule has 88 valence electrons. The molecule has 1 aromatic carbocycles. The predicted octanol–water partition coefficient (Wildman–Crippen LogP) is 3.27. The molecule has 1 aliphatic rings. The van der Waals surface area contributed by atoms with Crippen LogP contribution in [-0.2, 0) is 0 Å². The summed E-state index contributed by atoms with van der Waals surface area (Å²) in [5, 5.41) is 0. The number of alkyl halides is 2. The van der Waals surface area contributed by atoms with Gasteiger partial charge in [0.2, 0.25) is 0 Å². The Labute approximate surface area is 102 Å². The van der Waals surface area contributed by atoms with Crippen LogP contribution in [0.1, 0.15) is 12.8 Å². The molecule has 0 bridgehead atoms. The molecule has 1 heterocycles. The lowest BCUT2D eigenvalue weighted by Gasteiger charge is -2.34. The lowest BCUT2D eigenvalue weighted by atomic mass is 10.1. The van der Waals surface area contributed by atoms with Crippen LogP contribution >= 0.6 is 15.9 Å². The zero-order valence-corrected chi connectivity index (χ0v) is 10.3. The molecule has 2 N–H and O–H groups in total. The standard InChI is InChI=1S/C11H13BrF2N2/c12-8-2-3-9(15)10(6-8)16-5-1-4-11(13,14)7-16/h2-3,6H,1,4-5,7,15H2. The molecule has 0 atom stereocenters. The summed E-state index contributed by atoms with van der Waals surface area (Å²) >= 11 is 3.32. The largest absolute Gasteiger partial charge is 0.397 e. The van der Waals surface area contributed by atoms with Crippen molar-refractivity contribution in [2.45, 2.75) is 18.8 Å². The minimum absolute atomic E-state index is 0.0303. The first-order valence-electron chi connectivity index (χ1n) is 5.16. The summed E-state index contributed by atoms with van der Waals surface area (Å²) < 4.78 is 27.4. The van der Waals surface area contributed by atoms with E-state index in [2.05, 4.69) is 15.9 Å². The van der Waals surface area contributed by atoms with Crippen LogP contribution in [0.4, 0.5) is 20.2 Å². The topological polar surface area (TPSA) is 29.3 Å². The van der Waals surface area contributed by atoms with Gasteiger partial charge in [-0.3, -0.25) is 0 Å². The monoisotopic (exact) mass is 290 g/mol. The number of rotatable bonds is 1. The van der Waals surface area contributed by atoms with Crippen molar-refractivity contribution >= 4 is 27.3 Å². The van der Waals surface area contributed by atoms with Gasteiger partial charge in [0.15, 0.2) is 0 Å². The first-order chi connectivity index (χ1) is 7.48. The van der Waals surface area contributed by atoms with E-state index in [9.17, 15) is 8.78 Å². The molecular formula is C11H13BrF2N2. The van der Waals surface area contributed by atoms with Crippen LogP contribution in [0.25, 0.3) is 0 Å². The normalized spacial score (nSPS) is 19.8. The molecule has 16 heavy (non-hydrogen) atoms. The Bertz CT molecular complexity index is 396. The highest BCUT2D eigenvalue weighted by Gasteiger charge is 2.35. The maximum atomic E-state index is 13.3. The van der Waals surface area contributed by atoms with E-state index >= 15 is 0 Å². The Balaban J connectivity index is 2.26. The summed E-state index contributed by atoms with van der Waals surface area (Å²) in [6, 6.07) is 5.32. The fourth-order valence-corrected chi connectivity index (χ4v) is 2.31. The van der Waals surface area contributed by atoms with Crippen LogP contribution in [0.5, 0.6) is 0 Å². The predicted molar refractivity (Wildman–Crippen MR) is 64.9 cm³/mol. The fourth-order valence-electron chi connectivity index (χ4n) is 1.96. The molecule has 5 heteroatoms. The Hall–Kier alpha value is -0.840. The van der Waals surface area contributed by atoms with E-state index in [-0.39, 0.29) is 13.0 Å². The second-order valence-electron chi connectivity index (χ2n) is 4.08. The zero-order valence-electron chi connectivity index (χ0n) is 8.72. The third kappa shape index (κ3) is 2.45. The quantitative estimate of drug-likeness (QED) is 0.805. The zero-order chi connectivity index (χ0) is 11.8. The number of anilines is 2. The van der Waals surface area contributed by atoms with Crippen LogP contribution < -0.4 is 10.6 Å². The number of hydrogen-bond acceptors (Lipinski definition) is 2. The van der Waals surface area contributed by atoms with E-state index in [1.165, 1.54) is 0 Å². The van der Waals surface area contributed by atoms with Crippen molar-refractivity contribution in [3.05, 3.63) is 22.7 Å². The van der Waals surface area contributed by atoms with E-state index in [1.807, 2.05) is 0 Å². The van der Waals surface area contributed by atoms with E-state index in [4.69, 9.17) is 5.73 Å². The average molecular weight is 291 g/mol. The average Bonchev–Trinajstić information content (AvgIpc) is 2.20. The molecular weight excluding hydrogens is 278 g/mol. The van der Waals surface area contributed by atoms with Crippen molar-refractivity contribution in [2.24, 2.45) is 0 Å². The van der Waals surface area contributed by atoms with Crippen LogP contribution in [-0.4, -0.2) is 19.0 Å². The number of piperidine rings is 1. The molecule has 0 saturated carbocycles. The van der Waals surface area contributed by atoms with E-state index in [1.54, 1.807) is 23.1 Å². The van der Waals surface area contributed by atoms with Crippen LogP contribution in [0.3, 0.4) is 0 Å². The lowest BCUT2D eigenvalue weighted by Crippen LogP contribution is -2.42. The number of benzene rings is 1. The van der Waals surface area contributed by atoms with Crippen molar-refractivity contribution in [3.8, 4) is 0 Å². The van der Waals surface area contributed by atoms with Gasteiger partial charge in [-0.1, -0.05) is 15.9 Å². The molecule has 1 saturated heterocycles. The minimum atomic E-state index is -2.60. The van der Waals surface area contributed by atoms with Crippen molar-refractivity contribution in [2.75, 3.05) is 23.7 Å². The van der Waals surface area contributed by atoms with Crippen molar-refractivity contribution in [1.82, 2.24) is 0 Å². The molecule has 2 nitrogen and oxygen atoms in total. The number of halogens is 3. The highest BCUT2D eigenvalue weighted by molar-refractivity contribution is 9.10.